The Labute approximate surface area is 195 Å². The van der Waals surface area contributed by atoms with Crippen molar-refractivity contribution in [1.29, 1.82) is 0 Å². The molecule has 3 aromatic carbocycles. The summed E-state index contributed by atoms with van der Waals surface area (Å²) in [4.78, 5) is 59.6. The van der Waals surface area contributed by atoms with Crippen molar-refractivity contribution in [2.45, 2.75) is 38.3 Å². The van der Waals surface area contributed by atoms with Gasteiger partial charge < -0.3 is 0 Å². The second kappa shape index (κ2) is 9.93. The van der Waals surface area contributed by atoms with Crippen LogP contribution in [0.4, 0.5) is 11.4 Å². The highest BCUT2D eigenvalue weighted by molar-refractivity contribution is 6.01. The van der Waals surface area contributed by atoms with Gasteiger partial charge in [-0.05, 0) is 43.5 Å². The molecule has 3 rings (SSSR count). The van der Waals surface area contributed by atoms with E-state index in [1.54, 1.807) is 81.5 Å². The second-order valence-electron chi connectivity index (χ2n) is 8.34. The number of hydrogen-bond acceptors (Lipinski definition) is 8. The average molecular weight is 452 g/mol. The maximum atomic E-state index is 11.4. The monoisotopic (exact) mass is 452 g/mol. The zero-order valence-electron chi connectivity index (χ0n) is 18.8. The molecule has 0 aromatic heterocycles. The van der Waals surface area contributed by atoms with Crippen molar-refractivity contribution in [3.63, 3.8) is 0 Å². The van der Waals surface area contributed by atoms with E-state index in [1.165, 1.54) is 6.08 Å². The van der Waals surface area contributed by atoms with Gasteiger partial charge in [0.1, 0.15) is 0 Å². The Bertz CT molecular complexity index is 1440. The van der Waals surface area contributed by atoms with Gasteiger partial charge in [0.15, 0.2) is 0 Å². The van der Waals surface area contributed by atoms with Crippen LogP contribution in [0.5, 0.6) is 0 Å². The molecule has 34 heavy (non-hydrogen) atoms. The summed E-state index contributed by atoms with van der Waals surface area (Å²) in [7, 11) is 0. The number of isocyanates is 4. The van der Waals surface area contributed by atoms with E-state index in [1.807, 2.05) is 12.1 Å². The van der Waals surface area contributed by atoms with Crippen molar-refractivity contribution in [1.82, 2.24) is 0 Å². The van der Waals surface area contributed by atoms with E-state index >= 15 is 0 Å². The lowest BCUT2D eigenvalue weighted by atomic mass is 9.83. The van der Waals surface area contributed by atoms with E-state index in [0.29, 0.717) is 33.3 Å². The number of fused-ring (bicyclic) bond motifs is 1. The predicted octanol–water partition coefficient (Wildman–Crippen LogP) is 5.14. The lowest BCUT2D eigenvalue weighted by Crippen LogP contribution is -2.23. The van der Waals surface area contributed by atoms with E-state index in [2.05, 4.69) is 20.0 Å². The second-order valence-corrected chi connectivity index (χ2v) is 8.34. The molecule has 0 aliphatic rings. The average Bonchev–Trinajstić information content (AvgIpc) is 2.81. The van der Waals surface area contributed by atoms with Crippen molar-refractivity contribution < 1.29 is 19.2 Å². The Morgan fingerprint density at radius 2 is 1.32 bits per heavy atom. The van der Waals surface area contributed by atoms with Crippen LogP contribution < -0.4 is 0 Å². The molecule has 1 atom stereocenters. The number of rotatable bonds is 8. The maximum absolute atomic E-state index is 11.4. The van der Waals surface area contributed by atoms with Crippen LogP contribution in [0.3, 0.4) is 0 Å². The molecule has 8 nitrogen and oxygen atoms in total. The van der Waals surface area contributed by atoms with E-state index in [-0.39, 0.29) is 6.42 Å². The first-order valence-corrected chi connectivity index (χ1v) is 10.3. The molecule has 0 aliphatic heterocycles. The van der Waals surface area contributed by atoms with Gasteiger partial charge in [-0.25, -0.2) is 19.2 Å². The first kappa shape index (κ1) is 24.1. The third-order valence-electron chi connectivity index (χ3n) is 5.78. The minimum Gasteiger partial charge on any atom is -0.211 e. The molecule has 168 valence electrons. The molecule has 0 amide bonds. The van der Waals surface area contributed by atoms with Gasteiger partial charge in [0, 0.05) is 17.2 Å². The van der Waals surface area contributed by atoms with Gasteiger partial charge in [0.25, 0.3) is 0 Å². The Morgan fingerprint density at radius 1 is 0.676 bits per heavy atom. The fraction of sp³-hybridized carbons (Fsp3) is 0.231. The summed E-state index contributed by atoms with van der Waals surface area (Å²) in [6, 6.07) is 15.8. The molecule has 0 saturated heterocycles. The molecule has 0 aliphatic carbocycles. The zero-order chi connectivity index (χ0) is 24.8. The van der Waals surface area contributed by atoms with Gasteiger partial charge in [-0.1, -0.05) is 48.5 Å². The normalized spacial score (nSPS) is 12.3. The first-order valence-electron chi connectivity index (χ1n) is 10.3. The maximum Gasteiger partial charge on any atom is 0.240 e. The smallest absolute Gasteiger partial charge is 0.211 e. The fourth-order valence-corrected chi connectivity index (χ4v) is 3.93. The number of benzene rings is 3. The molecular weight excluding hydrogens is 432 g/mol. The molecule has 0 N–H and O–H groups in total. The van der Waals surface area contributed by atoms with Crippen LogP contribution in [-0.4, -0.2) is 24.3 Å². The Morgan fingerprint density at radius 3 is 1.94 bits per heavy atom. The molecule has 0 bridgehead atoms. The van der Waals surface area contributed by atoms with Gasteiger partial charge in [0.05, 0.1) is 22.5 Å². The summed E-state index contributed by atoms with van der Waals surface area (Å²) in [5.41, 5.74) is 1.10. The fourth-order valence-electron chi connectivity index (χ4n) is 3.93. The summed E-state index contributed by atoms with van der Waals surface area (Å²) < 4.78 is 0. The molecule has 0 radical (unpaired) electrons. The lowest BCUT2D eigenvalue weighted by molar-refractivity contribution is 0.480. The van der Waals surface area contributed by atoms with Crippen molar-refractivity contribution in [3.05, 3.63) is 71.3 Å². The highest BCUT2D eigenvalue weighted by Crippen LogP contribution is 2.39. The zero-order valence-corrected chi connectivity index (χ0v) is 18.8. The third kappa shape index (κ3) is 4.77. The van der Waals surface area contributed by atoms with Gasteiger partial charge in [-0.2, -0.15) is 20.0 Å². The molecule has 0 fully saturated rings. The summed E-state index contributed by atoms with van der Waals surface area (Å²) >= 11 is 0. The third-order valence-corrected chi connectivity index (χ3v) is 5.78. The van der Waals surface area contributed by atoms with Crippen molar-refractivity contribution in [3.8, 4) is 0 Å². The van der Waals surface area contributed by atoms with E-state index in [4.69, 9.17) is 0 Å². The quantitative estimate of drug-likeness (QED) is 0.347. The molecule has 0 saturated carbocycles. The van der Waals surface area contributed by atoms with Gasteiger partial charge in [-0.3, -0.25) is 0 Å². The number of carbonyl (C=O) groups excluding carboxylic acids is 4. The first-order chi connectivity index (χ1) is 16.3. The van der Waals surface area contributed by atoms with Crippen molar-refractivity contribution in [2.24, 2.45) is 20.0 Å². The highest BCUT2D eigenvalue weighted by atomic mass is 16.1. The van der Waals surface area contributed by atoms with Crippen LogP contribution >= 0.6 is 0 Å². The number of nitrogens with zero attached hydrogens (tertiary/aromatic N) is 4. The molecular formula is C26H20N4O4. The minimum absolute atomic E-state index is 0.217. The van der Waals surface area contributed by atoms with E-state index < -0.39 is 11.1 Å². The van der Waals surface area contributed by atoms with Gasteiger partial charge >= 0.3 is 0 Å². The van der Waals surface area contributed by atoms with Gasteiger partial charge in [-0.15, -0.1) is 0 Å². The van der Waals surface area contributed by atoms with Crippen molar-refractivity contribution >= 4 is 46.5 Å². The summed E-state index contributed by atoms with van der Waals surface area (Å²) in [6.07, 6.45) is 6.55. The number of aliphatic imine (C=N–C) groups is 4. The standard InChI is InChI=1S/C26H20N4O4/c1-25(2,29-16-33)19-8-10-20(11-9-19)26(3,30-17-34)13-18-7-12-21-22(24(18)28-15-32)5-4-6-23(21)27-14-31/h4-12H,13H2,1-3H3. The summed E-state index contributed by atoms with van der Waals surface area (Å²) in [6.45, 7) is 5.35. The largest absolute Gasteiger partial charge is 0.240 e. The topological polar surface area (TPSA) is 118 Å². The van der Waals surface area contributed by atoms with E-state index in [0.717, 1.165) is 5.56 Å². The van der Waals surface area contributed by atoms with E-state index in [9.17, 15) is 19.2 Å². The molecule has 3 aromatic rings. The summed E-state index contributed by atoms with van der Waals surface area (Å²) in [5.74, 6) is 0. The van der Waals surface area contributed by atoms with Crippen LogP contribution in [-0.2, 0) is 36.7 Å². The summed E-state index contributed by atoms with van der Waals surface area (Å²) in [5, 5.41) is 1.21. The minimum atomic E-state index is -1.03. The van der Waals surface area contributed by atoms with Crippen LogP contribution in [0.15, 0.2) is 74.6 Å². The predicted molar refractivity (Wildman–Crippen MR) is 126 cm³/mol. The van der Waals surface area contributed by atoms with Crippen LogP contribution in [0.2, 0.25) is 0 Å². The SMILES string of the molecule is CC(C)(N=C=O)c1ccc(C(C)(Cc2ccc3c(N=C=O)cccc3c2N=C=O)N=C=O)cc1. The Balaban J connectivity index is 2.14. The van der Waals surface area contributed by atoms with Gasteiger partial charge in [0.2, 0.25) is 24.3 Å². The van der Waals surface area contributed by atoms with Crippen LogP contribution in [0.25, 0.3) is 10.8 Å². The Kier molecular flexibility index (Phi) is 7.04. The van der Waals surface area contributed by atoms with Crippen molar-refractivity contribution in [2.75, 3.05) is 0 Å². The lowest BCUT2D eigenvalue weighted by Gasteiger charge is -2.26. The molecule has 1 unspecified atom stereocenters. The van der Waals surface area contributed by atoms with Crippen LogP contribution in [0, 0.1) is 0 Å². The highest BCUT2D eigenvalue weighted by Gasteiger charge is 2.29. The van der Waals surface area contributed by atoms with Crippen LogP contribution in [0.1, 0.15) is 37.5 Å². The number of hydrogen-bond donors (Lipinski definition) is 0. The molecule has 0 spiro atoms. The Hall–Kier alpha value is -4.56. The molecule has 8 heteroatoms. The molecule has 0 heterocycles.